The normalized spacial score (nSPS) is 10.9. The number of nitrogens with zero attached hydrogens (tertiary/aromatic N) is 1. The van der Waals surface area contributed by atoms with E-state index >= 15 is 0 Å². The average molecular weight is 259 g/mol. The number of aromatic nitrogens is 1. The van der Waals surface area contributed by atoms with Gasteiger partial charge >= 0.3 is 6.09 Å². The lowest BCUT2D eigenvalue weighted by Crippen LogP contribution is -2.27. The number of methoxy groups -OCH3 is 1. The number of pyridine rings is 1. The Balaban J connectivity index is 2.74. The maximum Gasteiger partial charge on any atom is 0.413 e. The first-order chi connectivity index (χ1) is 7.80. The highest BCUT2D eigenvalue weighted by molar-refractivity contribution is 6.29. The SMILES string of the molecule is COc1cc(Cl)nc(NC(=O)OC(C)(C)C)c1. The first-order valence-electron chi connectivity index (χ1n) is 5.02. The summed E-state index contributed by atoms with van der Waals surface area (Å²) in [5, 5.41) is 2.71. The molecule has 0 aliphatic carbocycles. The molecule has 1 heterocycles. The molecular weight excluding hydrogens is 244 g/mol. The molecule has 0 unspecified atom stereocenters. The van der Waals surface area contributed by atoms with Crippen molar-refractivity contribution in [1.29, 1.82) is 0 Å². The summed E-state index contributed by atoms with van der Waals surface area (Å²) in [6.07, 6.45) is -0.589. The zero-order valence-corrected chi connectivity index (χ0v) is 11.0. The third kappa shape index (κ3) is 4.91. The zero-order chi connectivity index (χ0) is 13.1. The number of nitrogens with one attached hydrogen (secondary N) is 1. The third-order valence-electron chi connectivity index (χ3n) is 1.63. The summed E-state index contributed by atoms with van der Waals surface area (Å²) < 4.78 is 10.1. The van der Waals surface area contributed by atoms with Crippen LogP contribution in [0.3, 0.4) is 0 Å². The van der Waals surface area contributed by atoms with Gasteiger partial charge in [-0.05, 0) is 20.8 Å². The van der Waals surface area contributed by atoms with Gasteiger partial charge in [0.1, 0.15) is 22.3 Å². The van der Waals surface area contributed by atoms with Crippen LogP contribution in [0.25, 0.3) is 0 Å². The van der Waals surface area contributed by atoms with E-state index in [-0.39, 0.29) is 11.0 Å². The van der Waals surface area contributed by atoms with Crippen molar-refractivity contribution < 1.29 is 14.3 Å². The van der Waals surface area contributed by atoms with Crippen molar-refractivity contribution in [2.45, 2.75) is 26.4 Å². The second-order valence-electron chi connectivity index (χ2n) is 4.34. The molecule has 0 bridgehead atoms. The lowest BCUT2D eigenvalue weighted by atomic mass is 10.2. The fourth-order valence-corrected chi connectivity index (χ4v) is 1.26. The van der Waals surface area contributed by atoms with Crippen LogP contribution in [-0.4, -0.2) is 23.8 Å². The lowest BCUT2D eigenvalue weighted by molar-refractivity contribution is 0.0635. The van der Waals surface area contributed by atoms with Crippen LogP contribution in [0.4, 0.5) is 10.6 Å². The average Bonchev–Trinajstić information content (AvgIpc) is 2.13. The van der Waals surface area contributed by atoms with Crippen molar-refractivity contribution in [3.05, 3.63) is 17.3 Å². The topological polar surface area (TPSA) is 60.5 Å². The van der Waals surface area contributed by atoms with Crippen LogP contribution in [0, 0.1) is 0 Å². The van der Waals surface area contributed by atoms with Crippen LogP contribution in [0.15, 0.2) is 12.1 Å². The summed E-state index contributed by atoms with van der Waals surface area (Å²) in [7, 11) is 1.50. The van der Waals surface area contributed by atoms with Gasteiger partial charge in [-0.25, -0.2) is 9.78 Å². The second-order valence-corrected chi connectivity index (χ2v) is 4.73. The van der Waals surface area contributed by atoms with Crippen LogP contribution < -0.4 is 10.1 Å². The molecular formula is C11H15ClN2O3. The number of rotatable bonds is 2. The van der Waals surface area contributed by atoms with Gasteiger partial charge in [-0.1, -0.05) is 11.6 Å². The fraction of sp³-hybridized carbons (Fsp3) is 0.455. The molecule has 0 radical (unpaired) electrons. The maximum absolute atomic E-state index is 11.5. The van der Waals surface area contributed by atoms with Gasteiger partial charge in [0.25, 0.3) is 0 Å². The van der Waals surface area contributed by atoms with Gasteiger partial charge in [0.15, 0.2) is 0 Å². The van der Waals surface area contributed by atoms with Crippen molar-refractivity contribution in [2.75, 3.05) is 12.4 Å². The van der Waals surface area contributed by atoms with Crippen LogP contribution in [0.1, 0.15) is 20.8 Å². The van der Waals surface area contributed by atoms with E-state index in [1.165, 1.54) is 7.11 Å². The van der Waals surface area contributed by atoms with Gasteiger partial charge in [0.2, 0.25) is 0 Å². The summed E-state index contributed by atoms with van der Waals surface area (Å²) in [5.41, 5.74) is -0.563. The molecule has 1 amide bonds. The van der Waals surface area contributed by atoms with Crippen LogP contribution in [0.5, 0.6) is 5.75 Å². The minimum absolute atomic E-state index is 0.232. The van der Waals surface area contributed by atoms with E-state index in [1.54, 1.807) is 32.9 Å². The van der Waals surface area contributed by atoms with Crippen molar-refractivity contribution in [1.82, 2.24) is 4.98 Å². The highest BCUT2D eigenvalue weighted by Crippen LogP contribution is 2.20. The first-order valence-corrected chi connectivity index (χ1v) is 5.39. The van der Waals surface area contributed by atoms with Gasteiger partial charge in [-0.15, -0.1) is 0 Å². The highest BCUT2D eigenvalue weighted by Gasteiger charge is 2.16. The Morgan fingerprint density at radius 1 is 1.41 bits per heavy atom. The number of carbonyl (C=O) groups excluding carboxylic acids is 1. The molecule has 0 atom stereocenters. The summed E-state index contributed by atoms with van der Waals surface area (Å²) >= 11 is 5.76. The molecule has 17 heavy (non-hydrogen) atoms. The van der Waals surface area contributed by atoms with E-state index in [0.29, 0.717) is 5.75 Å². The monoisotopic (exact) mass is 258 g/mol. The fourth-order valence-electron chi connectivity index (χ4n) is 1.06. The molecule has 5 nitrogen and oxygen atoms in total. The third-order valence-corrected chi connectivity index (χ3v) is 1.83. The second kappa shape index (κ2) is 5.23. The van der Waals surface area contributed by atoms with Crippen LogP contribution in [-0.2, 0) is 4.74 Å². The van der Waals surface area contributed by atoms with E-state index < -0.39 is 11.7 Å². The molecule has 0 saturated heterocycles. The van der Waals surface area contributed by atoms with Crippen LogP contribution >= 0.6 is 11.6 Å². The Labute approximate surface area is 105 Å². The number of halogens is 1. The summed E-state index contributed by atoms with van der Waals surface area (Å²) in [5.74, 6) is 0.791. The molecule has 6 heteroatoms. The minimum atomic E-state index is -0.589. The molecule has 0 saturated carbocycles. The Kier molecular flexibility index (Phi) is 4.17. The van der Waals surface area contributed by atoms with Gasteiger partial charge in [-0.3, -0.25) is 5.32 Å². The molecule has 1 rings (SSSR count). The van der Waals surface area contributed by atoms with E-state index in [2.05, 4.69) is 10.3 Å². The Bertz CT molecular complexity index is 416. The molecule has 94 valence electrons. The quantitative estimate of drug-likeness (QED) is 0.828. The summed E-state index contributed by atoms with van der Waals surface area (Å²) in [6.45, 7) is 5.33. The number of amides is 1. The van der Waals surface area contributed by atoms with Crippen molar-refractivity contribution in [3.8, 4) is 5.75 Å². The lowest BCUT2D eigenvalue weighted by Gasteiger charge is -2.19. The van der Waals surface area contributed by atoms with Crippen molar-refractivity contribution in [3.63, 3.8) is 0 Å². The smallest absolute Gasteiger partial charge is 0.413 e. The molecule has 0 spiro atoms. The van der Waals surface area contributed by atoms with E-state index in [1.807, 2.05) is 0 Å². The largest absolute Gasteiger partial charge is 0.497 e. The number of hydrogen-bond donors (Lipinski definition) is 1. The molecule has 0 aromatic carbocycles. The van der Waals surface area contributed by atoms with Crippen molar-refractivity contribution in [2.24, 2.45) is 0 Å². The van der Waals surface area contributed by atoms with Crippen molar-refractivity contribution >= 4 is 23.5 Å². The Hall–Kier alpha value is -1.49. The van der Waals surface area contributed by atoms with E-state index in [4.69, 9.17) is 21.1 Å². The predicted octanol–water partition coefficient (Wildman–Crippen LogP) is 3.09. The Morgan fingerprint density at radius 2 is 2.06 bits per heavy atom. The van der Waals surface area contributed by atoms with E-state index in [9.17, 15) is 4.79 Å². The molecule has 1 aromatic heterocycles. The molecule has 1 aromatic rings. The minimum Gasteiger partial charge on any atom is -0.497 e. The number of carbonyl (C=O) groups is 1. The molecule has 0 fully saturated rings. The van der Waals surface area contributed by atoms with Crippen LogP contribution in [0.2, 0.25) is 5.15 Å². The summed E-state index contributed by atoms with van der Waals surface area (Å²) in [6, 6.07) is 3.09. The maximum atomic E-state index is 11.5. The van der Waals surface area contributed by atoms with Gasteiger partial charge in [-0.2, -0.15) is 0 Å². The molecule has 0 aliphatic rings. The molecule has 1 N–H and O–H groups in total. The van der Waals surface area contributed by atoms with E-state index in [0.717, 1.165) is 0 Å². The Morgan fingerprint density at radius 3 is 2.59 bits per heavy atom. The predicted molar refractivity (Wildman–Crippen MR) is 65.7 cm³/mol. The van der Waals surface area contributed by atoms with Gasteiger partial charge in [0.05, 0.1) is 7.11 Å². The number of anilines is 1. The highest BCUT2D eigenvalue weighted by atomic mass is 35.5. The number of ether oxygens (including phenoxy) is 2. The standard InChI is InChI=1S/C11H15ClN2O3/c1-11(2,3)17-10(15)14-9-6-7(16-4)5-8(12)13-9/h5-6H,1-4H3,(H,13,14,15). The summed E-state index contributed by atoms with van der Waals surface area (Å²) in [4.78, 5) is 15.4. The zero-order valence-electron chi connectivity index (χ0n) is 10.2. The number of hydrogen-bond acceptors (Lipinski definition) is 4. The first kappa shape index (κ1) is 13.6. The van der Waals surface area contributed by atoms with Gasteiger partial charge < -0.3 is 9.47 Å². The van der Waals surface area contributed by atoms with Gasteiger partial charge in [0, 0.05) is 12.1 Å². The molecule has 0 aliphatic heterocycles.